The third kappa shape index (κ3) is 3.60. The van der Waals surface area contributed by atoms with Gasteiger partial charge in [-0.2, -0.15) is 0 Å². The lowest BCUT2D eigenvalue weighted by atomic mass is 9.50. The minimum absolute atomic E-state index is 0.0557. The molecule has 2 N–H and O–H groups in total. The molecule has 4 aliphatic rings. The van der Waals surface area contributed by atoms with Gasteiger partial charge >= 0.3 is 0 Å². The Kier molecular flexibility index (Phi) is 6.05. The largest absolute Gasteiger partial charge is 0.396 e. The topological polar surface area (TPSA) is 60.8 Å². The summed E-state index contributed by atoms with van der Waals surface area (Å²) in [7, 11) is 4.14. The van der Waals surface area contributed by atoms with Crippen LogP contribution >= 0.6 is 0 Å². The Balaban J connectivity index is 1.64. The van der Waals surface area contributed by atoms with Crippen LogP contribution in [0, 0.1) is 23.2 Å². The van der Waals surface area contributed by atoms with Gasteiger partial charge in [-0.3, -0.25) is 4.79 Å². The summed E-state index contributed by atoms with van der Waals surface area (Å²) in [4.78, 5) is 14.7. The number of carbonyl (C=O) groups is 1. The Morgan fingerprint density at radius 3 is 2.56 bits per heavy atom. The molecule has 2 saturated carbocycles. The number of anilines is 1. The number of carbonyl (C=O) groups excluding carboxylic acids is 1. The first-order valence-electron chi connectivity index (χ1n) is 13.3. The van der Waals surface area contributed by atoms with E-state index in [0.717, 1.165) is 38.5 Å². The van der Waals surface area contributed by atoms with Crippen molar-refractivity contribution in [2.75, 3.05) is 25.6 Å². The molecule has 6 atom stereocenters. The number of aliphatic hydroxyl groups is 2. The average molecular weight is 464 g/mol. The van der Waals surface area contributed by atoms with Gasteiger partial charge in [0.2, 0.25) is 0 Å². The van der Waals surface area contributed by atoms with Crippen molar-refractivity contribution in [3.05, 3.63) is 52.6 Å². The maximum absolute atomic E-state index is 12.5. The molecule has 4 aliphatic carbocycles. The number of allylic oxidation sites excluding steroid dienone is 4. The Labute approximate surface area is 204 Å². The predicted molar refractivity (Wildman–Crippen MR) is 137 cm³/mol. The number of aliphatic hydroxyl groups excluding tert-OH is 1. The van der Waals surface area contributed by atoms with Crippen LogP contribution in [-0.4, -0.2) is 42.3 Å². The molecule has 1 aromatic carbocycles. The third-order valence-corrected chi connectivity index (χ3v) is 9.97. The highest BCUT2D eigenvalue weighted by molar-refractivity contribution is 5.94. The van der Waals surface area contributed by atoms with Crippen molar-refractivity contribution < 1.29 is 15.0 Å². The second-order valence-electron chi connectivity index (χ2n) is 11.9. The number of hydrogen-bond donors (Lipinski definition) is 2. The molecule has 4 nitrogen and oxygen atoms in total. The monoisotopic (exact) mass is 463 g/mol. The molecule has 184 valence electrons. The zero-order chi connectivity index (χ0) is 24.3. The van der Waals surface area contributed by atoms with Gasteiger partial charge in [-0.05, 0) is 98.1 Å². The number of rotatable bonds is 5. The van der Waals surface area contributed by atoms with Gasteiger partial charge in [-0.1, -0.05) is 31.6 Å². The molecule has 0 saturated heterocycles. The first-order valence-corrected chi connectivity index (χ1v) is 13.3. The molecule has 1 aromatic rings. The lowest BCUT2D eigenvalue weighted by molar-refractivity contribution is -0.118. The summed E-state index contributed by atoms with van der Waals surface area (Å²) in [5.41, 5.74) is 5.95. The number of benzene rings is 1. The fourth-order valence-corrected chi connectivity index (χ4v) is 7.99. The van der Waals surface area contributed by atoms with Gasteiger partial charge in [0.25, 0.3) is 0 Å². The normalized spacial score (nSPS) is 37.1. The summed E-state index contributed by atoms with van der Waals surface area (Å²) in [5.74, 6) is 1.53. The maximum Gasteiger partial charge on any atom is 0.159 e. The SMILES string of the molecule is CC1CC2=C3[C@@H](CCC2=CC1=O)[C@@H]1CC[C@](O)(CCCO)[C@]1(C)C[C@@H]3c1ccc(N(C)C)cc1. The van der Waals surface area contributed by atoms with Gasteiger partial charge in [0.1, 0.15) is 0 Å². The fraction of sp³-hybridized carbons (Fsp3) is 0.633. The number of ketones is 1. The minimum Gasteiger partial charge on any atom is -0.396 e. The molecule has 5 rings (SSSR count). The van der Waals surface area contributed by atoms with E-state index in [4.69, 9.17) is 0 Å². The van der Waals surface area contributed by atoms with Crippen molar-refractivity contribution in [1.29, 1.82) is 0 Å². The van der Waals surface area contributed by atoms with Crippen molar-refractivity contribution in [2.45, 2.75) is 76.7 Å². The summed E-state index contributed by atoms with van der Waals surface area (Å²) in [6.45, 7) is 4.55. The summed E-state index contributed by atoms with van der Waals surface area (Å²) >= 11 is 0. The van der Waals surface area contributed by atoms with Gasteiger partial charge in [-0.15, -0.1) is 0 Å². The Hall–Kier alpha value is -1.91. The molecule has 0 amide bonds. The standard InChI is InChI=1S/C30H41NO3/c1-19-16-24-21(17-27(19)33)8-11-23-26-12-14-30(34,13-5-15-32)29(26,2)18-25(28(23)24)20-6-9-22(10-7-20)31(3)4/h6-7,9-10,17,19,23,25-26,32,34H,5,8,11-16,18H2,1-4H3/t19?,23-,25+,26-,29+,30+/m0/s1. The molecular formula is C30H41NO3. The van der Waals surface area contributed by atoms with E-state index in [1.807, 2.05) is 6.08 Å². The van der Waals surface area contributed by atoms with Crippen LogP contribution in [-0.2, 0) is 4.79 Å². The van der Waals surface area contributed by atoms with Crippen LogP contribution in [0.25, 0.3) is 0 Å². The summed E-state index contributed by atoms with van der Waals surface area (Å²) in [5, 5.41) is 21.5. The van der Waals surface area contributed by atoms with E-state index in [1.165, 1.54) is 22.4 Å². The maximum atomic E-state index is 12.5. The molecule has 4 heteroatoms. The molecule has 0 aromatic heterocycles. The van der Waals surface area contributed by atoms with Crippen LogP contribution < -0.4 is 4.90 Å². The molecule has 0 radical (unpaired) electrons. The first-order chi connectivity index (χ1) is 16.2. The molecule has 0 aliphatic heterocycles. The summed E-state index contributed by atoms with van der Waals surface area (Å²) in [6, 6.07) is 8.99. The van der Waals surface area contributed by atoms with Crippen molar-refractivity contribution in [3.8, 4) is 0 Å². The van der Waals surface area contributed by atoms with Gasteiger partial charge in [0, 0.05) is 43.6 Å². The Bertz CT molecular complexity index is 1020. The summed E-state index contributed by atoms with van der Waals surface area (Å²) < 4.78 is 0. The minimum atomic E-state index is -0.718. The highest BCUT2D eigenvalue weighted by Crippen LogP contribution is 2.67. The van der Waals surface area contributed by atoms with Crippen LogP contribution in [0.2, 0.25) is 0 Å². The van der Waals surface area contributed by atoms with Crippen LogP contribution in [0.15, 0.2) is 47.1 Å². The van der Waals surface area contributed by atoms with E-state index in [-0.39, 0.29) is 29.6 Å². The highest BCUT2D eigenvalue weighted by Gasteiger charge is 2.62. The van der Waals surface area contributed by atoms with E-state index in [2.05, 4.69) is 57.1 Å². The quantitative estimate of drug-likeness (QED) is 0.614. The van der Waals surface area contributed by atoms with Crippen molar-refractivity contribution >= 4 is 11.5 Å². The third-order valence-electron chi connectivity index (χ3n) is 9.97. The molecule has 0 spiro atoms. The second kappa shape index (κ2) is 8.64. The second-order valence-corrected chi connectivity index (χ2v) is 11.9. The average Bonchev–Trinajstić information content (AvgIpc) is 3.08. The smallest absolute Gasteiger partial charge is 0.159 e. The number of hydrogen-bond acceptors (Lipinski definition) is 4. The van der Waals surface area contributed by atoms with Gasteiger partial charge in [-0.25, -0.2) is 0 Å². The molecule has 1 unspecified atom stereocenters. The zero-order valence-corrected chi connectivity index (χ0v) is 21.3. The fourth-order valence-electron chi connectivity index (χ4n) is 7.99. The molecule has 34 heavy (non-hydrogen) atoms. The molecular weight excluding hydrogens is 422 g/mol. The van der Waals surface area contributed by atoms with Crippen molar-refractivity contribution in [3.63, 3.8) is 0 Å². The molecule has 2 fully saturated rings. The molecule has 0 heterocycles. The van der Waals surface area contributed by atoms with E-state index in [1.54, 1.807) is 5.57 Å². The predicted octanol–water partition coefficient (Wildman–Crippen LogP) is 5.40. The molecule has 0 bridgehead atoms. The number of nitrogens with zero attached hydrogens (tertiary/aromatic N) is 1. The van der Waals surface area contributed by atoms with E-state index in [0.29, 0.717) is 24.7 Å². The van der Waals surface area contributed by atoms with Crippen molar-refractivity contribution in [2.24, 2.45) is 23.2 Å². The number of fused-ring (bicyclic) bond motifs is 4. The van der Waals surface area contributed by atoms with E-state index >= 15 is 0 Å². The van der Waals surface area contributed by atoms with Crippen LogP contribution in [0.5, 0.6) is 0 Å². The first kappa shape index (κ1) is 23.8. The van der Waals surface area contributed by atoms with Gasteiger partial charge in [0.05, 0.1) is 5.60 Å². The van der Waals surface area contributed by atoms with Crippen LogP contribution in [0.3, 0.4) is 0 Å². The van der Waals surface area contributed by atoms with Crippen molar-refractivity contribution in [1.82, 2.24) is 0 Å². The van der Waals surface area contributed by atoms with E-state index < -0.39 is 5.60 Å². The zero-order valence-electron chi connectivity index (χ0n) is 21.3. The summed E-state index contributed by atoms with van der Waals surface area (Å²) in [6.07, 6.45) is 9.03. The van der Waals surface area contributed by atoms with Gasteiger partial charge < -0.3 is 15.1 Å². The Morgan fingerprint density at radius 1 is 1.15 bits per heavy atom. The lowest BCUT2D eigenvalue weighted by Gasteiger charge is -2.55. The lowest BCUT2D eigenvalue weighted by Crippen LogP contribution is -2.51. The highest BCUT2D eigenvalue weighted by atomic mass is 16.3. The van der Waals surface area contributed by atoms with Crippen LogP contribution in [0.1, 0.15) is 76.7 Å². The van der Waals surface area contributed by atoms with E-state index in [9.17, 15) is 15.0 Å². The van der Waals surface area contributed by atoms with Crippen LogP contribution in [0.4, 0.5) is 5.69 Å². The Morgan fingerprint density at radius 2 is 1.88 bits per heavy atom. The van der Waals surface area contributed by atoms with Gasteiger partial charge in [0.15, 0.2) is 5.78 Å².